The molecule has 0 bridgehead atoms. The second-order valence-electron chi connectivity index (χ2n) is 2.21. The van der Waals surface area contributed by atoms with Gasteiger partial charge >= 0.3 is 12.1 Å². The van der Waals surface area contributed by atoms with Crippen LogP contribution in [0.1, 0.15) is 27.2 Å². The first-order valence-electron chi connectivity index (χ1n) is 4.13. The van der Waals surface area contributed by atoms with Gasteiger partial charge in [-0.3, -0.25) is 4.79 Å². The lowest BCUT2D eigenvalue weighted by atomic mass is 10.5. The van der Waals surface area contributed by atoms with Crippen LogP contribution in [0.2, 0.25) is 0 Å². The summed E-state index contributed by atoms with van der Waals surface area (Å²) in [5, 5.41) is 0. The summed E-state index contributed by atoms with van der Waals surface area (Å²) in [6.45, 7) is 4.99. The van der Waals surface area contributed by atoms with Gasteiger partial charge in [0.1, 0.15) is 0 Å². The monoisotopic (exact) mass is 190 g/mol. The van der Waals surface area contributed by atoms with Gasteiger partial charge < -0.3 is 14.2 Å². The second-order valence-corrected chi connectivity index (χ2v) is 2.21. The van der Waals surface area contributed by atoms with Crippen LogP contribution in [0.25, 0.3) is 0 Å². The fraction of sp³-hybridized carbons (Fsp3) is 0.750. The van der Waals surface area contributed by atoms with Gasteiger partial charge in [-0.25, -0.2) is 4.79 Å². The predicted octanol–water partition coefficient (Wildman–Crippen LogP) is 1.46. The van der Waals surface area contributed by atoms with Crippen LogP contribution in [0.15, 0.2) is 0 Å². The highest BCUT2D eigenvalue weighted by Gasteiger charge is 2.12. The summed E-state index contributed by atoms with van der Waals surface area (Å²) >= 11 is 0. The first kappa shape index (κ1) is 11.7. The Bertz CT molecular complexity index is 177. The number of esters is 1. The van der Waals surface area contributed by atoms with Crippen molar-refractivity contribution in [3.8, 4) is 0 Å². The van der Waals surface area contributed by atoms with E-state index >= 15 is 0 Å². The third-order valence-electron chi connectivity index (χ3n) is 1.11. The van der Waals surface area contributed by atoms with Crippen LogP contribution in [-0.4, -0.2) is 25.0 Å². The Kier molecular flexibility index (Phi) is 5.67. The molecule has 0 fully saturated rings. The van der Waals surface area contributed by atoms with E-state index in [-0.39, 0.29) is 13.0 Å². The zero-order valence-corrected chi connectivity index (χ0v) is 8.03. The second kappa shape index (κ2) is 6.28. The average molecular weight is 190 g/mol. The quantitative estimate of drug-likeness (QED) is 0.496. The molecule has 0 aromatic heterocycles. The SMILES string of the molecule is CCOC(=O)OC(C)OC(=O)CC. The van der Waals surface area contributed by atoms with E-state index in [9.17, 15) is 9.59 Å². The molecule has 0 aliphatic heterocycles. The molecule has 1 unspecified atom stereocenters. The Hall–Kier alpha value is -1.26. The van der Waals surface area contributed by atoms with Crippen molar-refractivity contribution < 1.29 is 23.8 Å². The maximum absolute atomic E-state index is 10.7. The van der Waals surface area contributed by atoms with E-state index in [0.717, 1.165) is 0 Å². The zero-order valence-electron chi connectivity index (χ0n) is 8.03. The number of rotatable bonds is 4. The number of ether oxygens (including phenoxy) is 3. The van der Waals surface area contributed by atoms with Crippen molar-refractivity contribution in [3.63, 3.8) is 0 Å². The van der Waals surface area contributed by atoms with Gasteiger partial charge in [-0.05, 0) is 6.92 Å². The number of hydrogen-bond donors (Lipinski definition) is 0. The molecule has 0 aliphatic carbocycles. The standard InChI is InChI=1S/C8H14O5/c1-4-7(9)12-6(3)13-8(10)11-5-2/h6H,4-5H2,1-3H3. The van der Waals surface area contributed by atoms with Gasteiger partial charge in [0, 0.05) is 13.3 Å². The van der Waals surface area contributed by atoms with Crippen molar-refractivity contribution >= 4 is 12.1 Å². The van der Waals surface area contributed by atoms with Gasteiger partial charge in [-0.2, -0.15) is 0 Å². The maximum atomic E-state index is 10.7. The largest absolute Gasteiger partial charge is 0.511 e. The van der Waals surface area contributed by atoms with Crippen molar-refractivity contribution in [2.24, 2.45) is 0 Å². The van der Waals surface area contributed by atoms with Crippen molar-refractivity contribution in [2.45, 2.75) is 33.5 Å². The first-order chi connectivity index (χ1) is 6.10. The van der Waals surface area contributed by atoms with Gasteiger partial charge in [0.15, 0.2) is 0 Å². The summed E-state index contributed by atoms with van der Waals surface area (Å²) in [6.07, 6.45) is -1.48. The smallest absolute Gasteiger partial charge is 0.435 e. The summed E-state index contributed by atoms with van der Waals surface area (Å²) in [5.74, 6) is -0.420. The fourth-order valence-corrected chi connectivity index (χ4v) is 0.580. The zero-order chi connectivity index (χ0) is 10.3. The Morgan fingerprint density at radius 3 is 2.31 bits per heavy atom. The minimum absolute atomic E-state index is 0.229. The minimum atomic E-state index is -0.897. The van der Waals surface area contributed by atoms with Crippen molar-refractivity contribution in [2.75, 3.05) is 6.61 Å². The number of carbonyl (C=O) groups excluding carboxylic acids is 2. The molecule has 0 aliphatic rings. The molecule has 5 nitrogen and oxygen atoms in total. The molecule has 13 heavy (non-hydrogen) atoms. The van der Waals surface area contributed by atoms with Gasteiger partial charge in [-0.1, -0.05) is 6.92 Å². The van der Waals surface area contributed by atoms with Crippen LogP contribution >= 0.6 is 0 Å². The highest BCUT2D eigenvalue weighted by atomic mass is 16.8. The van der Waals surface area contributed by atoms with Crippen LogP contribution in [-0.2, 0) is 19.0 Å². The third kappa shape index (κ3) is 5.95. The number of hydrogen-bond acceptors (Lipinski definition) is 5. The third-order valence-corrected chi connectivity index (χ3v) is 1.11. The Labute approximate surface area is 77.0 Å². The molecule has 0 aromatic carbocycles. The van der Waals surface area contributed by atoms with E-state index in [2.05, 4.69) is 14.2 Å². The van der Waals surface area contributed by atoms with Gasteiger partial charge in [-0.15, -0.1) is 0 Å². The normalized spacial score (nSPS) is 11.6. The topological polar surface area (TPSA) is 61.8 Å². The highest BCUT2D eigenvalue weighted by Crippen LogP contribution is 1.98. The average Bonchev–Trinajstić information content (AvgIpc) is 2.04. The van der Waals surface area contributed by atoms with E-state index in [1.807, 2.05) is 0 Å². The minimum Gasteiger partial charge on any atom is -0.435 e. The molecule has 0 spiro atoms. The molecule has 0 radical (unpaired) electrons. The van der Waals surface area contributed by atoms with Gasteiger partial charge in [0.2, 0.25) is 6.29 Å². The molecule has 0 amide bonds. The number of carbonyl (C=O) groups is 2. The van der Waals surface area contributed by atoms with Crippen LogP contribution in [0.5, 0.6) is 0 Å². The molecular formula is C8H14O5. The van der Waals surface area contributed by atoms with Gasteiger partial charge in [0.25, 0.3) is 0 Å². The highest BCUT2D eigenvalue weighted by molar-refractivity contribution is 5.69. The summed E-state index contributed by atoms with van der Waals surface area (Å²) in [5.41, 5.74) is 0. The summed E-state index contributed by atoms with van der Waals surface area (Å²) < 4.78 is 13.7. The van der Waals surface area contributed by atoms with Crippen molar-refractivity contribution in [3.05, 3.63) is 0 Å². The van der Waals surface area contributed by atoms with Crippen molar-refractivity contribution in [1.29, 1.82) is 0 Å². The lowest BCUT2D eigenvalue weighted by Crippen LogP contribution is -2.21. The molecule has 0 heterocycles. The van der Waals surface area contributed by atoms with Gasteiger partial charge in [0.05, 0.1) is 6.61 Å². The first-order valence-corrected chi connectivity index (χ1v) is 4.13. The van der Waals surface area contributed by atoms with E-state index in [4.69, 9.17) is 0 Å². The molecule has 0 rings (SSSR count). The molecule has 1 atom stereocenters. The lowest BCUT2D eigenvalue weighted by molar-refractivity contribution is -0.167. The van der Waals surface area contributed by atoms with Crippen LogP contribution in [0.3, 0.4) is 0 Å². The van der Waals surface area contributed by atoms with Crippen molar-refractivity contribution in [1.82, 2.24) is 0 Å². The van der Waals surface area contributed by atoms with E-state index in [0.29, 0.717) is 0 Å². The van der Waals surface area contributed by atoms with E-state index in [1.165, 1.54) is 6.92 Å². The van der Waals surface area contributed by atoms with E-state index in [1.54, 1.807) is 13.8 Å². The molecule has 0 saturated heterocycles. The predicted molar refractivity (Wildman–Crippen MR) is 44.0 cm³/mol. The van der Waals surface area contributed by atoms with E-state index < -0.39 is 18.4 Å². The molecule has 0 N–H and O–H groups in total. The van der Waals surface area contributed by atoms with Crippen LogP contribution in [0, 0.1) is 0 Å². The summed E-state index contributed by atoms with van der Waals surface area (Å²) in [7, 11) is 0. The summed E-state index contributed by atoms with van der Waals surface area (Å²) in [4.78, 5) is 21.4. The molecule has 76 valence electrons. The summed E-state index contributed by atoms with van der Waals surface area (Å²) in [6, 6.07) is 0. The maximum Gasteiger partial charge on any atom is 0.511 e. The van der Waals surface area contributed by atoms with Crippen LogP contribution < -0.4 is 0 Å². The molecule has 0 saturated carbocycles. The molecular weight excluding hydrogens is 176 g/mol. The Morgan fingerprint density at radius 1 is 1.23 bits per heavy atom. The Morgan fingerprint density at radius 2 is 1.85 bits per heavy atom. The van der Waals surface area contributed by atoms with Crippen LogP contribution in [0.4, 0.5) is 4.79 Å². The molecule has 0 aromatic rings. The lowest BCUT2D eigenvalue weighted by Gasteiger charge is -2.12. The molecule has 5 heteroatoms. The fourth-order valence-electron chi connectivity index (χ4n) is 0.580. The Balaban J connectivity index is 3.67.